The molecule has 2 aromatic carbocycles. The highest BCUT2D eigenvalue weighted by molar-refractivity contribution is 5.86. The number of ether oxygens (including phenoxy) is 3. The van der Waals surface area contributed by atoms with Crippen LogP contribution in [-0.2, 0) is 4.74 Å². The number of amides is 2. The Hall–Kier alpha value is -3.85. The third-order valence-electron chi connectivity index (χ3n) is 5.64. The Balaban J connectivity index is 1.73. The maximum Gasteiger partial charge on any atom is 0.322 e. The molecule has 0 bridgehead atoms. The normalized spacial score (nSPS) is 15.9. The number of hydrogen-bond acceptors (Lipinski definition) is 7. The molecule has 1 aliphatic heterocycles. The van der Waals surface area contributed by atoms with Gasteiger partial charge in [-0.25, -0.2) is 4.79 Å². The highest BCUT2D eigenvalue weighted by atomic mass is 16.5. The molecule has 0 radical (unpaired) electrons. The molecule has 1 aliphatic rings. The van der Waals surface area contributed by atoms with Crippen molar-refractivity contribution in [2.75, 3.05) is 34.0 Å². The van der Waals surface area contributed by atoms with Gasteiger partial charge in [-0.15, -0.1) is 0 Å². The molecule has 9 heteroatoms. The second-order valence-corrected chi connectivity index (χ2v) is 7.68. The zero-order chi connectivity index (χ0) is 24.1. The molecule has 1 unspecified atom stereocenters. The first-order valence-electron chi connectivity index (χ1n) is 11.0. The van der Waals surface area contributed by atoms with E-state index in [1.807, 2.05) is 62.4 Å². The minimum atomic E-state index is -0.467. The molecule has 9 nitrogen and oxygen atoms in total. The Bertz CT molecular complexity index is 1150. The highest BCUT2D eigenvalue weighted by Gasteiger charge is 2.35. The van der Waals surface area contributed by atoms with Gasteiger partial charge in [-0.1, -0.05) is 17.3 Å². The fourth-order valence-corrected chi connectivity index (χ4v) is 3.87. The third kappa shape index (κ3) is 4.74. The Labute approximate surface area is 198 Å². The van der Waals surface area contributed by atoms with E-state index in [0.29, 0.717) is 31.5 Å². The summed E-state index contributed by atoms with van der Waals surface area (Å²) in [5, 5.41) is 7.26. The summed E-state index contributed by atoms with van der Waals surface area (Å²) in [5.74, 6) is 2.29. The number of rotatable bonds is 9. The summed E-state index contributed by atoms with van der Waals surface area (Å²) in [7, 11) is 3.21. The van der Waals surface area contributed by atoms with Gasteiger partial charge < -0.3 is 24.1 Å². The molecule has 0 aliphatic carbocycles. The van der Waals surface area contributed by atoms with E-state index < -0.39 is 6.04 Å². The smallest absolute Gasteiger partial charge is 0.322 e. The summed E-state index contributed by atoms with van der Waals surface area (Å²) in [6.07, 6.45) is 0. The van der Waals surface area contributed by atoms with E-state index in [1.54, 1.807) is 19.1 Å². The molecular weight excluding hydrogens is 436 g/mol. The van der Waals surface area contributed by atoms with Crippen molar-refractivity contribution in [3.63, 3.8) is 0 Å². The van der Waals surface area contributed by atoms with Crippen LogP contribution in [0.1, 0.15) is 31.3 Å². The van der Waals surface area contributed by atoms with E-state index in [4.69, 9.17) is 18.7 Å². The van der Waals surface area contributed by atoms with Crippen LogP contribution in [0.3, 0.4) is 0 Å². The van der Waals surface area contributed by atoms with Crippen LogP contribution in [0, 0.1) is 0 Å². The van der Waals surface area contributed by atoms with Gasteiger partial charge in [0, 0.05) is 18.4 Å². The zero-order valence-corrected chi connectivity index (χ0v) is 19.7. The first-order chi connectivity index (χ1) is 16.5. The molecule has 0 fully saturated rings. The summed E-state index contributed by atoms with van der Waals surface area (Å²) < 4.78 is 21.7. The van der Waals surface area contributed by atoms with E-state index in [9.17, 15) is 4.79 Å². The fourth-order valence-electron chi connectivity index (χ4n) is 3.87. The number of aromatic nitrogens is 2. The van der Waals surface area contributed by atoms with Crippen LogP contribution in [0.5, 0.6) is 11.5 Å². The molecule has 0 spiro atoms. The molecule has 0 saturated carbocycles. The van der Waals surface area contributed by atoms with Crippen molar-refractivity contribution in [1.82, 2.24) is 20.4 Å². The Morgan fingerprint density at radius 2 is 1.76 bits per heavy atom. The molecule has 3 aromatic rings. The molecule has 178 valence electrons. The molecular formula is C25H28N4O5. The van der Waals surface area contributed by atoms with E-state index >= 15 is 0 Å². The first-order valence-corrected chi connectivity index (χ1v) is 11.0. The maximum atomic E-state index is 12.9. The van der Waals surface area contributed by atoms with Crippen molar-refractivity contribution >= 4 is 11.6 Å². The molecule has 2 amide bonds. The summed E-state index contributed by atoms with van der Waals surface area (Å²) in [6.45, 7) is 5.20. The van der Waals surface area contributed by atoms with Crippen LogP contribution in [0.25, 0.3) is 17.0 Å². The number of nitrogens with zero attached hydrogens (tertiary/aromatic N) is 3. The lowest BCUT2D eigenvalue weighted by atomic mass is 9.94. The molecule has 1 aromatic heterocycles. The van der Waals surface area contributed by atoms with Gasteiger partial charge >= 0.3 is 6.03 Å². The van der Waals surface area contributed by atoms with Gasteiger partial charge in [0.05, 0.1) is 38.5 Å². The maximum absolute atomic E-state index is 12.9. The first kappa shape index (κ1) is 23.3. The monoisotopic (exact) mass is 464 g/mol. The fraction of sp³-hybridized carbons (Fsp3) is 0.320. The van der Waals surface area contributed by atoms with E-state index in [2.05, 4.69) is 15.5 Å². The number of hydrogen-bond donors (Lipinski definition) is 1. The number of methoxy groups -OCH3 is 2. The molecule has 34 heavy (non-hydrogen) atoms. The van der Waals surface area contributed by atoms with Crippen LogP contribution in [0.15, 0.2) is 58.8 Å². The molecule has 4 rings (SSSR count). The Morgan fingerprint density at radius 3 is 2.41 bits per heavy atom. The lowest BCUT2D eigenvalue weighted by molar-refractivity contribution is 0.158. The summed E-state index contributed by atoms with van der Waals surface area (Å²) in [5.41, 5.74) is 3.12. The van der Waals surface area contributed by atoms with E-state index in [1.165, 1.54) is 0 Å². The Morgan fingerprint density at radius 1 is 1.06 bits per heavy atom. The predicted molar refractivity (Wildman–Crippen MR) is 126 cm³/mol. The number of allylic oxidation sites excluding steroid dienone is 1. The summed E-state index contributed by atoms with van der Waals surface area (Å²) in [4.78, 5) is 19.2. The zero-order valence-electron chi connectivity index (χ0n) is 19.7. The molecule has 2 heterocycles. The van der Waals surface area contributed by atoms with Gasteiger partial charge in [0.15, 0.2) is 0 Å². The van der Waals surface area contributed by atoms with Crippen molar-refractivity contribution in [3.8, 4) is 22.9 Å². The largest absolute Gasteiger partial charge is 0.497 e. The predicted octanol–water partition coefficient (Wildman–Crippen LogP) is 4.29. The van der Waals surface area contributed by atoms with Gasteiger partial charge in [0.2, 0.25) is 5.82 Å². The van der Waals surface area contributed by atoms with Crippen LogP contribution in [0.4, 0.5) is 4.79 Å². The van der Waals surface area contributed by atoms with Gasteiger partial charge in [-0.05, 0) is 55.8 Å². The topological polar surface area (TPSA) is 99.0 Å². The SMILES string of the molecule is CCOc1ccc(-c2noc(C3=C(C)N(CCOC)C(=O)NC3c3ccc(OC)cc3)n2)cc1. The van der Waals surface area contributed by atoms with Crippen LogP contribution in [-0.4, -0.2) is 55.0 Å². The third-order valence-corrected chi connectivity index (χ3v) is 5.64. The summed E-state index contributed by atoms with van der Waals surface area (Å²) >= 11 is 0. The van der Waals surface area contributed by atoms with Crippen LogP contribution >= 0.6 is 0 Å². The number of nitrogens with one attached hydrogen (secondary N) is 1. The number of carbonyl (C=O) groups excluding carboxylic acids is 1. The van der Waals surface area contributed by atoms with Gasteiger partial charge in [-0.2, -0.15) is 4.98 Å². The average Bonchev–Trinajstić information content (AvgIpc) is 3.34. The molecule has 0 saturated heterocycles. The standard InChI is InChI=1S/C25H28N4O5/c1-5-33-20-12-8-18(9-13-20)23-27-24(34-28-23)21-16(2)29(14-15-31-3)25(30)26-22(21)17-6-10-19(32-4)11-7-17/h6-13,22H,5,14-15H2,1-4H3,(H,26,30). The lowest BCUT2D eigenvalue weighted by Crippen LogP contribution is -2.47. The van der Waals surface area contributed by atoms with Crippen LogP contribution in [0.2, 0.25) is 0 Å². The van der Waals surface area contributed by atoms with Crippen molar-refractivity contribution < 1.29 is 23.5 Å². The lowest BCUT2D eigenvalue weighted by Gasteiger charge is -2.35. The number of urea groups is 1. The second kappa shape index (κ2) is 10.4. The van der Waals surface area contributed by atoms with Crippen LogP contribution < -0.4 is 14.8 Å². The van der Waals surface area contributed by atoms with Gasteiger partial charge in [-0.3, -0.25) is 4.90 Å². The highest BCUT2D eigenvalue weighted by Crippen LogP contribution is 2.37. The quantitative estimate of drug-likeness (QED) is 0.504. The number of carbonyl (C=O) groups is 1. The van der Waals surface area contributed by atoms with Crippen molar-refractivity contribution in [2.24, 2.45) is 0 Å². The van der Waals surface area contributed by atoms with Gasteiger partial charge in [0.1, 0.15) is 11.5 Å². The number of benzene rings is 2. The van der Waals surface area contributed by atoms with Gasteiger partial charge in [0.25, 0.3) is 5.89 Å². The second-order valence-electron chi connectivity index (χ2n) is 7.68. The molecule has 1 atom stereocenters. The van der Waals surface area contributed by atoms with E-state index in [-0.39, 0.29) is 6.03 Å². The summed E-state index contributed by atoms with van der Waals surface area (Å²) in [6, 6.07) is 14.3. The average molecular weight is 465 g/mol. The molecule has 1 N–H and O–H groups in total. The van der Waals surface area contributed by atoms with Crippen molar-refractivity contribution in [1.29, 1.82) is 0 Å². The Kier molecular flexibility index (Phi) is 7.12. The van der Waals surface area contributed by atoms with E-state index in [0.717, 1.165) is 33.9 Å². The van der Waals surface area contributed by atoms with Crippen molar-refractivity contribution in [2.45, 2.75) is 19.9 Å². The minimum absolute atomic E-state index is 0.217. The van der Waals surface area contributed by atoms with Crippen molar-refractivity contribution in [3.05, 3.63) is 65.7 Å². The minimum Gasteiger partial charge on any atom is -0.497 e.